The average Bonchev–Trinajstić information content (AvgIpc) is 3.56. The van der Waals surface area contributed by atoms with E-state index < -0.39 is 54.2 Å². The predicted molar refractivity (Wildman–Crippen MR) is 132 cm³/mol. The van der Waals surface area contributed by atoms with E-state index in [4.69, 9.17) is 5.73 Å². The molecule has 6 N–H and O–H groups in total. The predicted octanol–water partition coefficient (Wildman–Crippen LogP) is -1.33. The standard InChI is InChI=1S/C23H32F2N6O6S/c1-9-16-15(10(2)29-20(33)19(24)25)22(35)31(16)17(23(36)37)18(9)38-12-5-13(28-6-12)21(34)30-4-3-11(8-30)27-7-14(26)32/h9-13,15-16,19,27-28H,3-8H2,1-2H3,(H2,26,32)(H,29,33)(H,36,37)/t9-,10-,11-,12+,13+,15-,16-/m1/s1. The fourth-order valence-corrected chi connectivity index (χ4v) is 7.31. The second kappa shape index (κ2) is 11.1. The lowest BCUT2D eigenvalue weighted by atomic mass is 9.78. The van der Waals surface area contributed by atoms with Crippen molar-refractivity contribution >= 4 is 41.4 Å². The van der Waals surface area contributed by atoms with Crippen molar-refractivity contribution in [3.8, 4) is 0 Å². The largest absolute Gasteiger partial charge is 0.477 e. The van der Waals surface area contributed by atoms with Gasteiger partial charge in [-0.1, -0.05) is 6.92 Å². The second-order valence-corrected chi connectivity index (χ2v) is 11.5. The number of alkyl halides is 2. The molecule has 3 saturated heterocycles. The first-order valence-electron chi connectivity index (χ1n) is 12.5. The molecule has 4 aliphatic heterocycles. The zero-order chi connectivity index (χ0) is 27.9. The molecule has 4 rings (SSSR count). The Morgan fingerprint density at radius 1 is 1.29 bits per heavy atom. The van der Waals surface area contributed by atoms with Gasteiger partial charge in [0.15, 0.2) is 0 Å². The fourth-order valence-electron chi connectivity index (χ4n) is 5.83. The average molecular weight is 559 g/mol. The maximum Gasteiger partial charge on any atom is 0.353 e. The summed E-state index contributed by atoms with van der Waals surface area (Å²) in [5.74, 6) is -4.99. The van der Waals surface area contributed by atoms with Crippen LogP contribution < -0.4 is 21.7 Å². The molecule has 0 spiro atoms. The quantitative estimate of drug-likeness (QED) is 0.204. The van der Waals surface area contributed by atoms with Gasteiger partial charge in [0.05, 0.1) is 24.5 Å². The third-order valence-corrected chi connectivity index (χ3v) is 9.16. The molecule has 38 heavy (non-hydrogen) atoms. The summed E-state index contributed by atoms with van der Waals surface area (Å²) in [5, 5.41) is 18.2. The van der Waals surface area contributed by atoms with Gasteiger partial charge in [0.25, 0.3) is 5.91 Å². The number of likely N-dealkylation sites (tertiary alicyclic amines) is 1. The van der Waals surface area contributed by atoms with E-state index in [1.807, 2.05) is 0 Å². The number of aliphatic carboxylic acids is 1. The molecular formula is C23H32F2N6O6S. The van der Waals surface area contributed by atoms with Crippen LogP contribution in [0.15, 0.2) is 10.6 Å². The number of rotatable bonds is 10. The Morgan fingerprint density at radius 2 is 2.00 bits per heavy atom. The van der Waals surface area contributed by atoms with Crippen molar-refractivity contribution in [2.24, 2.45) is 17.6 Å². The number of nitrogens with one attached hydrogen (secondary N) is 3. The number of fused-ring (bicyclic) bond motifs is 1. The molecule has 0 radical (unpaired) electrons. The molecule has 3 fully saturated rings. The van der Waals surface area contributed by atoms with Gasteiger partial charge >= 0.3 is 12.4 Å². The zero-order valence-electron chi connectivity index (χ0n) is 21.0. The van der Waals surface area contributed by atoms with Crippen LogP contribution in [0.1, 0.15) is 26.7 Å². The third kappa shape index (κ3) is 5.36. The monoisotopic (exact) mass is 558 g/mol. The summed E-state index contributed by atoms with van der Waals surface area (Å²) in [6, 6.07) is -1.90. The summed E-state index contributed by atoms with van der Waals surface area (Å²) in [6.07, 6.45) is -2.04. The second-order valence-electron chi connectivity index (χ2n) is 10.2. The molecule has 210 valence electrons. The molecule has 0 saturated carbocycles. The normalized spacial score (nSPS) is 31.4. The molecule has 12 nitrogen and oxygen atoms in total. The highest BCUT2D eigenvalue weighted by Gasteiger charge is 2.60. The van der Waals surface area contributed by atoms with Crippen molar-refractivity contribution in [1.82, 2.24) is 25.8 Å². The number of β-lactam (4-membered cyclic amide) rings is 1. The molecule has 0 bridgehead atoms. The Bertz CT molecular complexity index is 1060. The number of primary amides is 1. The SMILES string of the molecule is C[C@@H](NC(=O)C(F)F)[C@H]1C(=O)N2C(C(=O)O)=C(S[C@@H]3CN[C@H](C(=O)N4CC[C@@H](NCC(N)=O)C4)C3)[C@H](C)[C@H]12. The van der Waals surface area contributed by atoms with Crippen LogP contribution in [-0.4, -0.2) is 107 Å². The molecule has 4 amide bonds. The Hall–Kier alpha value is -2.78. The number of nitrogens with two attached hydrogens (primary N) is 1. The number of carboxylic acid groups (broad SMARTS) is 1. The fraction of sp³-hybridized carbons (Fsp3) is 0.696. The van der Waals surface area contributed by atoms with E-state index in [1.54, 1.807) is 11.8 Å². The number of nitrogens with zero attached hydrogens (tertiary/aromatic N) is 2. The van der Waals surface area contributed by atoms with E-state index in [2.05, 4.69) is 16.0 Å². The van der Waals surface area contributed by atoms with Gasteiger partial charge in [-0.05, 0) is 19.8 Å². The molecule has 15 heteroatoms. The lowest BCUT2D eigenvalue weighted by molar-refractivity contribution is -0.159. The van der Waals surface area contributed by atoms with Gasteiger partial charge in [-0.3, -0.25) is 19.2 Å². The Labute approximate surface area is 222 Å². The van der Waals surface area contributed by atoms with E-state index in [-0.39, 0.29) is 35.4 Å². The number of halogens is 2. The molecular weight excluding hydrogens is 526 g/mol. The Morgan fingerprint density at radius 3 is 2.63 bits per heavy atom. The molecule has 0 aliphatic carbocycles. The van der Waals surface area contributed by atoms with Crippen LogP contribution in [0.4, 0.5) is 8.78 Å². The minimum Gasteiger partial charge on any atom is -0.477 e. The molecule has 4 aliphatic rings. The summed E-state index contributed by atoms with van der Waals surface area (Å²) in [4.78, 5) is 63.9. The van der Waals surface area contributed by atoms with Crippen LogP contribution in [0.2, 0.25) is 0 Å². The molecule has 0 unspecified atom stereocenters. The minimum atomic E-state index is -3.22. The van der Waals surface area contributed by atoms with Gasteiger partial charge in [-0.25, -0.2) is 4.79 Å². The van der Waals surface area contributed by atoms with Crippen LogP contribution in [0.5, 0.6) is 0 Å². The summed E-state index contributed by atoms with van der Waals surface area (Å²) < 4.78 is 25.4. The van der Waals surface area contributed by atoms with Crippen molar-refractivity contribution in [2.45, 2.75) is 62.5 Å². The summed E-state index contributed by atoms with van der Waals surface area (Å²) in [5.41, 5.74) is 5.04. The molecule has 0 aromatic rings. The first-order chi connectivity index (χ1) is 17.9. The molecule has 4 heterocycles. The van der Waals surface area contributed by atoms with Crippen molar-refractivity contribution in [3.05, 3.63) is 10.6 Å². The number of carbonyl (C=O) groups is 5. The van der Waals surface area contributed by atoms with E-state index >= 15 is 0 Å². The van der Waals surface area contributed by atoms with Gasteiger partial charge in [-0.15, -0.1) is 11.8 Å². The lowest BCUT2D eigenvalue weighted by Gasteiger charge is -2.47. The number of amides is 4. The number of thioether (sulfide) groups is 1. The highest BCUT2D eigenvalue weighted by molar-refractivity contribution is 8.03. The first kappa shape index (κ1) is 28.2. The van der Waals surface area contributed by atoms with Crippen molar-refractivity contribution in [1.29, 1.82) is 0 Å². The van der Waals surface area contributed by atoms with Crippen molar-refractivity contribution < 1.29 is 37.9 Å². The van der Waals surface area contributed by atoms with Crippen LogP contribution >= 0.6 is 11.8 Å². The smallest absolute Gasteiger partial charge is 0.353 e. The zero-order valence-corrected chi connectivity index (χ0v) is 21.8. The van der Waals surface area contributed by atoms with Crippen LogP contribution in [0.3, 0.4) is 0 Å². The third-order valence-electron chi connectivity index (χ3n) is 7.65. The van der Waals surface area contributed by atoms with E-state index in [1.165, 1.54) is 23.6 Å². The number of carboxylic acids is 1. The highest BCUT2D eigenvalue weighted by atomic mass is 32.2. The molecule has 0 aromatic carbocycles. The van der Waals surface area contributed by atoms with Gasteiger partial charge < -0.3 is 36.6 Å². The minimum absolute atomic E-state index is 0.0106. The maximum atomic E-state index is 13.0. The topological polar surface area (TPSA) is 174 Å². The number of hydrogen-bond donors (Lipinski definition) is 5. The van der Waals surface area contributed by atoms with Crippen LogP contribution in [0.25, 0.3) is 0 Å². The van der Waals surface area contributed by atoms with E-state index in [9.17, 15) is 37.9 Å². The van der Waals surface area contributed by atoms with Crippen LogP contribution in [0, 0.1) is 11.8 Å². The summed E-state index contributed by atoms with van der Waals surface area (Å²) in [7, 11) is 0. The highest BCUT2D eigenvalue weighted by Crippen LogP contribution is 2.51. The van der Waals surface area contributed by atoms with Gasteiger partial charge in [0, 0.05) is 47.8 Å². The Kier molecular flexibility index (Phi) is 8.28. The van der Waals surface area contributed by atoms with E-state index in [0.29, 0.717) is 37.4 Å². The molecule has 7 atom stereocenters. The first-order valence-corrected chi connectivity index (χ1v) is 13.4. The number of carbonyl (C=O) groups excluding carboxylic acids is 4. The van der Waals surface area contributed by atoms with Gasteiger partial charge in [-0.2, -0.15) is 8.78 Å². The molecule has 0 aromatic heterocycles. The Balaban J connectivity index is 1.38. The number of hydrogen-bond acceptors (Lipinski definition) is 8. The summed E-state index contributed by atoms with van der Waals surface area (Å²) >= 11 is 1.32. The van der Waals surface area contributed by atoms with Gasteiger partial charge in [0.2, 0.25) is 17.7 Å². The van der Waals surface area contributed by atoms with Crippen LogP contribution in [-0.2, 0) is 24.0 Å². The maximum absolute atomic E-state index is 13.0. The van der Waals surface area contributed by atoms with Crippen molar-refractivity contribution in [2.75, 3.05) is 26.2 Å². The van der Waals surface area contributed by atoms with Gasteiger partial charge in [0.1, 0.15) is 5.70 Å². The van der Waals surface area contributed by atoms with Crippen molar-refractivity contribution in [3.63, 3.8) is 0 Å². The lowest BCUT2D eigenvalue weighted by Crippen LogP contribution is -2.66. The van der Waals surface area contributed by atoms with E-state index in [0.717, 1.165) is 0 Å². The summed E-state index contributed by atoms with van der Waals surface area (Å²) in [6.45, 7) is 4.77.